The maximum Gasteiger partial charge on any atom is 0.345 e. The second-order valence-corrected chi connectivity index (χ2v) is 6.72. The van der Waals surface area contributed by atoms with Crippen molar-refractivity contribution >= 4 is 17.9 Å². The van der Waals surface area contributed by atoms with Crippen molar-refractivity contribution in [2.75, 3.05) is 0 Å². The van der Waals surface area contributed by atoms with Crippen molar-refractivity contribution in [1.29, 1.82) is 0 Å². The molecule has 1 unspecified atom stereocenters. The van der Waals surface area contributed by atoms with Gasteiger partial charge in [-0.25, -0.2) is 9.59 Å². The second-order valence-electron chi connectivity index (χ2n) is 6.72. The van der Waals surface area contributed by atoms with Gasteiger partial charge in [-0.3, -0.25) is 4.79 Å². The highest BCUT2D eigenvalue weighted by molar-refractivity contribution is 5.97. The number of carbonyl (C=O) groups is 3. The summed E-state index contributed by atoms with van der Waals surface area (Å²) in [5, 5.41) is 9.50. The van der Waals surface area contributed by atoms with Gasteiger partial charge in [-0.1, -0.05) is 67.6 Å². The van der Waals surface area contributed by atoms with E-state index >= 15 is 0 Å². The van der Waals surface area contributed by atoms with Crippen molar-refractivity contribution in [2.24, 2.45) is 5.92 Å². The van der Waals surface area contributed by atoms with E-state index in [-0.39, 0.29) is 17.5 Å². The first kappa shape index (κ1) is 20.0. The molecule has 5 heteroatoms. The van der Waals surface area contributed by atoms with Crippen LogP contribution >= 0.6 is 0 Å². The van der Waals surface area contributed by atoms with E-state index in [2.05, 4.69) is 0 Å². The zero-order valence-electron chi connectivity index (χ0n) is 15.9. The monoisotopic (exact) mass is 388 g/mol. The molecule has 0 aliphatic carbocycles. The molecule has 1 N–H and O–H groups in total. The molecule has 0 saturated carbocycles. The molecule has 0 spiro atoms. The number of hydrogen-bond donors (Lipinski definition) is 1. The molecule has 3 aromatic carbocycles. The van der Waals surface area contributed by atoms with Crippen molar-refractivity contribution < 1.29 is 24.2 Å². The number of carbonyl (C=O) groups excluding carboxylic acids is 2. The van der Waals surface area contributed by atoms with Crippen LogP contribution in [0.25, 0.3) is 11.1 Å². The molecular formula is C24H20O5. The van der Waals surface area contributed by atoms with E-state index in [1.807, 2.05) is 30.3 Å². The van der Waals surface area contributed by atoms with Crippen LogP contribution in [0.4, 0.5) is 0 Å². The van der Waals surface area contributed by atoms with Gasteiger partial charge in [0.2, 0.25) is 0 Å². The van der Waals surface area contributed by atoms with Crippen LogP contribution in [0.2, 0.25) is 0 Å². The van der Waals surface area contributed by atoms with E-state index in [0.717, 1.165) is 11.1 Å². The molecule has 0 fully saturated rings. The molecule has 0 aliphatic heterocycles. The summed E-state index contributed by atoms with van der Waals surface area (Å²) < 4.78 is 4.96. The summed E-state index contributed by atoms with van der Waals surface area (Å²) in [7, 11) is 0. The number of esters is 2. The molecule has 5 nitrogen and oxygen atoms in total. The molecule has 0 amide bonds. The van der Waals surface area contributed by atoms with Gasteiger partial charge in [-0.15, -0.1) is 0 Å². The molecule has 146 valence electrons. The molecule has 0 radical (unpaired) electrons. The van der Waals surface area contributed by atoms with E-state index < -0.39 is 23.8 Å². The van der Waals surface area contributed by atoms with Gasteiger partial charge in [-0.2, -0.15) is 0 Å². The Morgan fingerprint density at radius 2 is 1.48 bits per heavy atom. The topological polar surface area (TPSA) is 80.7 Å². The summed E-state index contributed by atoms with van der Waals surface area (Å²) in [5.41, 5.74) is 2.71. The maximum absolute atomic E-state index is 12.4. The third-order valence-electron chi connectivity index (χ3n) is 4.57. The van der Waals surface area contributed by atoms with Crippen LogP contribution in [0, 0.1) is 5.92 Å². The zero-order chi connectivity index (χ0) is 20.8. The summed E-state index contributed by atoms with van der Waals surface area (Å²) >= 11 is 0. The van der Waals surface area contributed by atoms with Crippen molar-refractivity contribution in [2.45, 2.75) is 13.3 Å². The minimum atomic E-state index is -1.07. The molecule has 0 saturated heterocycles. The smallest absolute Gasteiger partial charge is 0.345 e. The molecule has 1 atom stereocenters. The Kier molecular flexibility index (Phi) is 6.19. The number of rotatable bonds is 6. The maximum atomic E-state index is 12.4. The predicted molar refractivity (Wildman–Crippen MR) is 109 cm³/mol. The number of ether oxygens (including phenoxy) is 1. The summed E-state index contributed by atoms with van der Waals surface area (Å²) in [6, 6.07) is 22.8. The Balaban J connectivity index is 1.79. The van der Waals surface area contributed by atoms with Crippen molar-refractivity contribution in [3.8, 4) is 11.1 Å². The minimum Gasteiger partial charge on any atom is -0.478 e. The van der Waals surface area contributed by atoms with Crippen LogP contribution in [0.1, 0.15) is 33.2 Å². The lowest BCUT2D eigenvalue weighted by atomic mass is 9.93. The quantitative estimate of drug-likeness (QED) is 0.492. The first-order valence-electron chi connectivity index (χ1n) is 9.18. The van der Waals surface area contributed by atoms with Gasteiger partial charge in [0, 0.05) is 0 Å². The summed E-state index contributed by atoms with van der Waals surface area (Å²) in [6.45, 7) is 1.61. The average molecular weight is 388 g/mol. The van der Waals surface area contributed by atoms with Crippen LogP contribution in [0.5, 0.6) is 0 Å². The molecule has 0 bridgehead atoms. The third-order valence-corrected chi connectivity index (χ3v) is 4.57. The number of aromatic carboxylic acids is 1. The Morgan fingerprint density at radius 1 is 0.862 bits per heavy atom. The Hall–Kier alpha value is -3.73. The standard InChI is InChI=1S/C24H20O5/c1-16(23(27)29-24(28)18-10-6-3-7-11-18)14-20-15-19(12-13-21(20)22(25)26)17-8-4-2-5-9-17/h2-13,15-16H,14H2,1H3,(H,25,26). The molecule has 29 heavy (non-hydrogen) atoms. The summed E-state index contributed by atoms with van der Waals surface area (Å²) in [4.78, 5) is 36.1. The number of hydrogen-bond acceptors (Lipinski definition) is 4. The normalized spacial score (nSPS) is 11.5. The Bertz CT molecular complexity index is 1030. The van der Waals surface area contributed by atoms with E-state index in [1.165, 1.54) is 6.07 Å². The van der Waals surface area contributed by atoms with E-state index in [4.69, 9.17) is 4.74 Å². The van der Waals surface area contributed by atoms with Gasteiger partial charge >= 0.3 is 17.9 Å². The van der Waals surface area contributed by atoms with Gasteiger partial charge in [0.25, 0.3) is 0 Å². The highest BCUT2D eigenvalue weighted by Crippen LogP contribution is 2.25. The first-order valence-corrected chi connectivity index (χ1v) is 9.18. The van der Waals surface area contributed by atoms with Gasteiger partial charge < -0.3 is 9.84 Å². The lowest BCUT2D eigenvalue weighted by Crippen LogP contribution is -2.21. The van der Waals surface area contributed by atoms with Crippen molar-refractivity contribution in [1.82, 2.24) is 0 Å². The number of carboxylic acids is 1. The first-order chi connectivity index (χ1) is 14.0. The van der Waals surface area contributed by atoms with Crippen LogP contribution in [0.15, 0.2) is 78.9 Å². The summed E-state index contributed by atoms with van der Waals surface area (Å²) in [5.74, 6) is -3.17. The highest BCUT2D eigenvalue weighted by atomic mass is 16.6. The lowest BCUT2D eigenvalue weighted by molar-refractivity contribution is -0.142. The van der Waals surface area contributed by atoms with Crippen LogP contribution in [-0.2, 0) is 16.0 Å². The Labute approximate surface area is 168 Å². The fourth-order valence-corrected chi connectivity index (χ4v) is 3.02. The zero-order valence-corrected chi connectivity index (χ0v) is 15.9. The fourth-order valence-electron chi connectivity index (χ4n) is 3.02. The SMILES string of the molecule is CC(Cc1cc(-c2ccccc2)ccc1C(=O)O)C(=O)OC(=O)c1ccccc1. The number of benzene rings is 3. The van der Waals surface area contributed by atoms with Crippen LogP contribution in [-0.4, -0.2) is 23.0 Å². The fraction of sp³-hybridized carbons (Fsp3) is 0.125. The van der Waals surface area contributed by atoms with E-state index in [9.17, 15) is 19.5 Å². The summed E-state index contributed by atoms with van der Waals surface area (Å²) in [6.07, 6.45) is 0.142. The molecule has 3 aromatic rings. The van der Waals surface area contributed by atoms with Crippen LogP contribution < -0.4 is 0 Å². The third kappa shape index (κ3) is 4.96. The van der Waals surface area contributed by atoms with Gasteiger partial charge in [0.15, 0.2) is 0 Å². The largest absolute Gasteiger partial charge is 0.478 e. The van der Waals surface area contributed by atoms with Gasteiger partial charge in [0.1, 0.15) is 0 Å². The molecule has 0 heterocycles. The minimum absolute atomic E-state index is 0.124. The molecule has 0 aliphatic rings. The van der Waals surface area contributed by atoms with Crippen molar-refractivity contribution in [3.05, 3.63) is 95.6 Å². The Morgan fingerprint density at radius 3 is 2.10 bits per heavy atom. The lowest BCUT2D eigenvalue weighted by Gasteiger charge is -2.14. The van der Waals surface area contributed by atoms with Crippen molar-refractivity contribution in [3.63, 3.8) is 0 Å². The molecular weight excluding hydrogens is 368 g/mol. The van der Waals surface area contributed by atoms with Gasteiger partial charge in [0.05, 0.1) is 17.0 Å². The average Bonchev–Trinajstić information content (AvgIpc) is 2.74. The number of carboxylic acid groups (broad SMARTS) is 1. The predicted octanol–water partition coefficient (Wildman–Crippen LogP) is 4.61. The van der Waals surface area contributed by atoms with Crippen LogP contribution in [0.3, 0.4) is 0 Å². The van der Waals surface area contributed by atoms with E-state index in [1.54, 1.807) is 49.4 Å². The molecule has 0 aromatic heterocycles. The van der Waals surface area contributed by atoms with Gasteiger partial charge in [-0.05, 0) is 41.3 Å². The second kappa shape index (κ2) is 8.97. The molecule has 3 rings (SSSR count). The highest BCUT2D eigenvalue weighted by Gasteiger charge is 2.22. The van der Waals surface area contributed by atoms with E-state index in [0.29, 0.717) is 5.56 Å².